The second-order valence-electron chi connectivity index (χ2n) is 9.06. The van der Waals surface area contributed by atoms with Crippen LogP contribution in [0.2, 0.25) is 0 Å². The van der Waals surface area contributed by atoms with Crippen molar-refractivity contribution in [2.24, 2.45) is 0 Å². The van der Waals surface area contributed by atoms with Gasteiger partial charge in [0.15, 0.2) is 0 Å². The second-order valence-corrected chi connectivity index (χ2v) is 9.97. The molecule has 0 unspecified atom stereocenters. The lowest BCUT2D eigenvalue weighted by Crippen LogP contribution is -2.25. The average molecular weight is 512 g/mol. The second kappa shape index (κ2) is 9.11. The van der Waals surface area contributed by atoms with Crippen molar-refractivity contribution in [2.75, 3.05) is 5.32 Å². The van der Waals surface area contributed by atoms with Crippen molar-refractivity contribution < 1.29 is 9.90 Å². The first-order valence-corrected chi connectivity index (χ1v) is 12.3. The molecule has 4 aromatic rings. The van der Waals surface area contributed by atoms with Crippen molar-refractivity contribution in [3.05, 3.63) is 123 Å². The number of benzene rings is 4. The van der Waals surface area contributed by atoms with Gasteiger partial charge in [-0.1, -0.05) is 94.3 Å². The van der Waals surface area contributed by atoms with Crippen LogP contribution in [-0.2, 0) is 0 Å². The maximum absolute atomic E-state index is 12.2. The van der Waals surface area contributed by atoms with E-state index in [1.807, 2.05) is 18.2 Å². The highest BCUT2D eigenvalue weighted by atomic mass is 79.9. The van der Waals surface area contributed by atoms with E-state index >= 15 is 0 Å². The summed E-state index contributed by atoms with van der Waals surface area (Å²) in [6, 6.07) is 29.2. The maximum atomic E-state index is 12.2. The van der Waals surface area contributed by atoms with E-state index in [1.165, 1.54) is 27.8 Å². The predicted octanol–water partition coefficient (Wildman–Crippen LogP) is 8.12. The SMILES string of the molecule is Cc1ccc(C)c([C@H]2C[C@@H](c3ccc(-c4ccccc4)cc3)Nc3c(C(=O)O)cc(Br)cc32)c1. The van der Waals surface area contributed by atoms with Crippen molar-refractivity contribution in [2.45, 2.75) is 32.2 Å². The van der Waals surface area contributed by atoms with Gasteiger partial charge in [-0.2, -0.15) is 0 Å². The number of carbonyl (C=O) groups is 1. The fraction of sp³-hybridized carbons (Fsp3) is 0.167. The van der Waals surface area contributed by atoms with Gasteiger partial charge in [0.05, 0.1) is 17.3 Å². The molecule has 5 rings (SSSR count). The van der Waals surface area contributed by atoms with Crippen molar-refractivity contribution in [3.8, 4) is 11.1 Å². The molecule has 0 amide bonds. The number of carboxylic acid groups (broad SMARTS) is 1. The van der Waals surface area contributed by atoms with Crippen LogP contribution in [0.4, 0.5) is 5.69 Å². The van der Waals surface area contributed by atoms with Gasteiger partial charge in [-0.3, -0.25) is 0 Å². The summed E-state index contributed by atoms with van der Waals surface area (Å²) in [5.74, 6) is -0.838. The highest BCUT2D eigenvalue weighted by molar-refractivity contribution is 9.10. The number of carboxylic acids is 1. The summed E-state index contributed by atoms with van der Waals surface area (Å²) in [4.78, 5) is 12.2. The molecule has 3 nitrogen and oxygen atoms in total. The van der Waals surface area contributed by atoms with Gasteiger partial charge in [0.1, 0.15) is 0 Å². The molecule has 0 saturated carbocycles. The van der Waals surface area contributed by atoms with Crippen LogP contribution in [0.25, 0.3) is 11.1 Å². The summed E-state index contributed by atoms with van der Waals surface area (Å²) in [6.45, 7) is 4.24. The van der Waals surface area contributed by atoms with Gasteiger partial charge in [-0.25, -0.2) is 4.79 Å². The average Bonchev–Trinajstić information content (AvgIpc) is 2.85. The molecule has 0 saturated heterocycles. The molecule has 0 radical (unpaired) electrons. The number of fused-ring (bicyclic) bond motifs is 1. The third-order valence-corrected chi connectivity index (χ3v) is 7.22. The highest BCUT2D eigenvalue weighted by Crippen LogP contribution is 2.47. The van der Waals surface area contributed by atoms with E-state index in [-0.39, 0.29) is 12.0 Å². The minimum absolute atomic E-state index is 0.00140. The topological polar surface area (TPSA) is 49.3 Å². The Morgan fingerprint density at radius 2 is 1.59 bits per heavy atom. The smallest absolute Gasteiger partial charge is 0.337 e. The molecular formula is C30H26BrNO2. The van der Waals surface area contributed by atoms with Gasteiger partial charge >= 0.3 is 5.97 Å². The predicted molar refractivity (Wildman–Crippen MR) is 142 cm³/mol. The Labute approximate surface area is 208 Å². The minimum atomic E-state index is -0.926. The monoisotopic (exact) mass is 511 g/mol. The van der Waals surface area contributed by atoms with Crippen molar-refractivity contribution in [1.82, 2.24) is 0 Å². The van der Waals surface area contributed by atoms with Crippen LogP contribution in [0.15, 0.2) is 89.4 Å². The lowest BCUT2D eigenvalue weighted by Gasteiger charge is -2.35. The van der Waals surface area contributed by atoms with Crippen molar-refractivity contribution in [3.63, 3.8) is 0 Å². The van der Waals surface area contributed by atoms with Gasteiger partial charge in [-0.15, -0.1) is 0 Å². The lowest BCUT2D eigenvalue weighted by atomic mass is 9.77. The van der Waals surface area contributed by atoms with Crippen LogP contribution >= 0.6 is 15.9 Å². The fourth-order valence-corrected chi connectivity index (χ4v) is 5.49. The first-order valence-electron chi connectivity index (χ1n) is 11.5. The molecule has 0 spiro atoms. The summed E-state index contributed by atoms with van der Waals surface area (Å²) in [7, 11) is 0. The number of hydrogen-bond donors (Lipinski definition) is 2. The maximum Gasteiger partial charge on any atom is 0.337 e. The van der Waals surface area contributed by atoms with Crippen LogP contribution < -0.4 is 5.32 Å². The molecule has 0 aliphatic carbocycles. The molecule has 0 fully saturated rings. The standard InChI is InChI=1S/C30H26BrNO2/c1-18-8-9-19(2)24(14-18)25-17-28(32-29-26(25)15-23(31)16-27(29)30(33)34)22-12-10-21(11-13-22)20-6-4-3-5-7-20/h3-16,25,28,32H,17H2,1-2H3,(H,33,34)/t25-,28+/m1/s1. The lowest BCUT2D eigenvalue weighted by molar-refractivity contribution is 0.0697. The van der Waals surface area contributed by atoms with E-state index in [0.29, 0.717) is 11.3 Å². The van der Waals surface area contributed by atoms with Gasteiger partial charge in [0.25, 0.3) is 0 Å². The molecule has 0 aromatic heterocycles. The quantitative estimate of drug-likeness (QED) is 0.290. The van der Waals surface area contributed by atoms with Crippen LogP contribution in [-0.4, -0.2) is 11.1 Å². The van der Waals surface area contributed by atoms with Gasteiger partial charge in [-0.05, 0) is 65.8 Å². The molecule has 2 N–H and O–H groups in total. The summed E-state index contributed by atoms with van der Waals surface area (Å²) in [5.41, 5.74) is 9.22. The van der Waals surface area contributed by atoms with E-state index in [9.17, 15) is 9.90 Å². The summed E-state index contributed by atoms with van der Waals surface area (Å²) in [5, 5.41) is 13.6. The van der Waals surface area contributed by atoms with Gasteiger partial charge < -0.3 is 10.4 Å². The molecule has 34 heavy (non-hydrogen) atoms. The van der Waals surface area contributed by atoms with Crippen LogP contribution in [0.3, 0.4) is 0 Å². The Hall–Kier alpha value is -3.37. The minimum Gasteiger partial charge on any atom is -0.478 e. The van der Waals surface area contributed by atoms with Gasteiger partial charge in [0, 0.05) is 10.4 Å². The third kappa shape index (κ3) is 4.26. The van der Waals surface area contributed by atoms with Crippen LogP contribution in [0.5, 0.6) is 0 Å². The number of halogens is 1. The molecule has 0 bridgehead atoms. The largest absolute Gasteiger partial charge is 0.478 e. The summed E-state index contributed by atoms with van der Waals surface area (Å²) < 4.78 is 0.784. The van der Waals surface area contributed by atoms with Crippen molar-refractivity contribution >= 4 is 27.6 Å². The number of rotatable bonds is 4. The van der Waals surface area contributed by atoms with Crippen LogP contribution in [0.1, 0.15) is 56.6 Å². The number of hydrogen-bond acceptors (Lipinski definition) is 2. The number of nitrogens with one attached hydrogen (secondary N) is 1. The zero-order valence-corrected chi connectivity index (χ0v) is 20.8. The zero-order valence-electron chi connectivity index (χ0n) is 19.2. The molecule has 1 heterocycles. The van der Waals surface area contributed by atoms with Gasteiger partial charge in [0.2, 0.25) is 0 Å². The highest BCUT2D eigenvalue weighted by Gasteiger charge is 2.32. The Kier molecular flexibility index (Phi) is 6.01. The number of anilines is 1. The Morgan fingerprint density at radius 1 is 0.882 bits per heavy atom. The van der Waals surface area contributed by atoms with E-state index in [4.69, 9.17) is 0 Å². The van der Waals surface area contributed by atoms with E-state index in [2.05, 4.69) is 95.8 Å². The molecule has 4 aromatic carbocycles. The van der Waals surface area contributed by atoms with Crippen molar-refractivity contribution in [1.29, 1.82) is 0 Å². The van der Waals surface area contributed by atoms with E-state index in [0.717, 1.165) is 22.0 Å². The molecule has 170 valence electrons. The Balaban J connectivity index is 1.60. The molecule has 2 atom stereocenters. The summed E-state index contributed by atoms with van der Waals surface area (Å²) >= 11 is 3.54. The third-order valence-electron chi connectivity index (χ3n) is 6.76. The van der Waals surface area contributed by atoms with E-state index in [1.54, 1.807) is 6.07 Å². The first-order chi connectivity index (χ1) is 16.4. The number of aryl methyl sites for hydroxylation is 2. The zero-order chi connectivity index (χ0) is 23.8. The fourth-order valence-electron chi connectivity index (χ4n) is 5.02. The molecule has 4 heteroatoms. The number of aromatic carboxylic acids is 1. The van der Waals surface area contributed by atoms with Crippen LogP contribution in [0, 0.1) is 13.8 Å². The first kappa shape index (κ1) is 22.4. The molecular weight excluding hydrogens is 486 g/mol. The van der Waals surface area contributed by atoms with E-state index < -0.39 is 5.97 Å². The summed E-state index contributed by atoms with van der Waals surface area (Å²) in [6.07, 6.45) is 0.845. The Morgan fingerprint density at radius 3 is 2.29 bits per heavy atom. The molecule has 1 aliphatic heterocycles. The Bertz CT molecular complexity index is 1360. The normalized spacial score (nSPS) is 17.0. The molecule has 1 aliphatic rings.